The highest BCUT2D eigenvalue weighted by Gasteiger charge is 2.60. The fraction of sp³-hybridized carbons (Fsp3) is 0.442. The van der Waals surface area contributed by atoms with Gasteiger partial charge in [-0.25, -0.2) is 9.37 Å². The van der Waals surface area contributed by atoms with Gasteiger partial charge < -0.3 is 19.4 Å². The third kappa shape index (κ3) is 6.84. The smallest absolute Gasteiger partial charge is 0.262 e. The van der Waals surface area contributed by atoms with Gasteiger partial charge in [0.05, 0.1) is 40.5 Å². The molecule has 1 unspecified atom stereocenters. The van der Waals surface area contributed by atoms with Crippen molar-refractivity contribution < 1.29 is 33.1 Å². The van der Waals surface area contributed by atoms with Gasteiger partial charge in [-0.15, -0.1) is 0 Å². The third-order valence-electron chi connectivity index (χ3n) is 12.9. The molecule has 2 aliphatic carbocycles. The van der Waals surface area contributed by atoms with E-state index in [1.165, 1.54) is 23.2 Å². The molecule has 16 heteroatoms. The minimum atomic E-state index is -0.926. The number of thiocarbonyl (C=S) groups is 1. The van der Waals surface area contributed by atoms with Gasteiger partial charge in [-0.05, 0) is 106 Å². The van der Waals surface area contributed by atoms with Crippen LogP contribution in [0.1, 0.15) is 90.6 Å². The summed E-state index contributed by atoms with van der Waals surface area (Å²) >= 11 is 12.0. The summed E-state index contributed by atoms with van der Waals surface area (Å²) < 4.78 is 22.0. The predicted octanol–water partition coefficient (Wildman–Crippen LogP) is 5.85. The van der Waals surface area contributed by atoms with E-state index in [2.05, 4.69) is 14.8 Å². The number of nitrogens with zero attached hydrogens (tertiary/aromatic N) is 7. The number of carbonyl (C=O) groups excluding carboxylic acids is 5. The van der Waals surface area contributed by atoms with Gasteiger partial charge in [0.25, 0.3) is 17.7 Å². The van der Waals surface area contributed by atoms with Crippen molar-refractivity contribution in [1.29, 1.82) is 5.26 Å². The van der Waals surface area contributed by atoms with Crippen LogP contribution >= 0.6 is 23.8 Å². The lowest BCUT2D eigenvalue weighted by molar-refractivity contribution is -0.132. The topological polar surface area (TPSA) is 147 Å². The number of imide groups is 1. The summed E-state index contributed by atoms with van der Waals surface area (Å²) in [5, 5.41) is 9.55. The molecule has 304 valence electrons. The number of amides is 3. The number of aromatic nitrogens is 1. The van der Waals surface area contributed by atoms with Crippen molar-refractivity contribution >= 4 is 75.3 Å². The van der Waals surface area contributed by atoms with Crippen LogP contribution in [0.15, 0.2) is 48.7 Å². The number of halogens is 2. The summed E-state index contributed by atoms with van der Waals surface area (Å²) in [6.07, 6.45) is 6.79. The number of piperidine rings is 2. The summed E-state index contributed by atoms with van der Waals surface area (Å²) in [4.78, 5) is 77.5. The van der Waals surface area contributed by atoms with Gasteiger partial charge in [0, 0.05) is 56.6 Å². The van der Waals surface area contributed by atoms with Gasteiger partial charge in [0.15, 0.2) is 28.2 Å². The Morgan fingerprint density at radius 3 is 2.29 bits per heavy atom. The number of pyridine rings is 1. The van der Waals surface area contributed by atoms with Crippen LogP contribution < -0.4 is 19.4 Å². The van der Waals surface area contributed by atoms with Crippen LogP contribution in [0, 0.1) is 23.1 Å². The number of rotatable bonds is 8. The molecule has 59 heavy (non-hydrogen) atoms. The molecule has 6 aliphatic rings. The fourth-order valence-electron chi connectivity index (χ4n) is 9.55. The number of ketones is 2. The van der Waals surface area contributed by atoms with Crippen LogP contribution in [0.4, 0.5) is 21.5 Å². The molecule has 9 rings (SSSR count). The summed E-state index contributed by atoms with van der Waals surface area (Å²) in [5.74, 6) is -1.58. The second-order valence-corrected chi connectivity index (χ2v) is 17.2. The summed E-state index contributed by atoms with van der Waals surface area (Å²) in [6.45, 7) is 4.23. The van der Waals surface area contributed by atoms with Crippen molar-refractivity contribution in [2.75, 3.05) is 47.4 Å². The first-order valence-electron chi connectivity index (χ1n) is 20.2. The zero-order chi connectivity index (χ0) is 41.2. The Kier molecular flexibility index (Phi) is 10.2. The Hall–Kier alpha value is -5.30. The van der Waals surface area contributed by atoms with E-state index in [4.69, 9.17) is 28.6 Å². The summed E-state index contributed by atoms with van der Waals surface area (Å²) in [5.41, 5.74) is 1.42. The molecule has 3 aromatic rings. The van der Waals surface area contributed by atoms with Gasteiger partial charge >= 0.3 is 0 Å². The molecule has 0 bridgehead atoms. The summed E-state index contributed by atoms with van der Waals surface area (Å²) in [6, 6.07) is 12.6. The van der Waals surface area contributed by atoms with Gasteiger partial charge in [-0.2, -0.15) is 5.26 Å². The molecule has 1 aromatic heterocycles. The van der Waals surface area contributed by atoms with Gasteiger partial charge in [0.1, 0.15) is 23.5 Å². The molecular formula is C43H41ClFN7O6S. The van der Waals surface area contributed by atoms with Crippen molar-refractivity contribution in [3.63, 3.8) is 0 Å². The number of Topliss-reactive ketones (excluding diaryl/α,β-unsaturated/α-hetero) is 2. The molecule has 1 spiro atoms. The number of anilines is 3. The molecule has 5 heterocycles. The first kappa shape index (κ1) is 39.2. The van der Waals surface area contributed by atoms with E-state index < -0.39 is 29.2 Å². The molecule has 0 radical (unpaired) electrons. The van der Waals surface area contributed by atoms with E-state index in [9.17, 15) is 29.2 Å². The molecule has 2 aromatic carbocycles. The third-order valence-corrected chi connectivity index (χ3v) is 13.6. The average Bonchev–Trinajstić information content (AvgIpc) is 3.60. The maximum atomic E-state index is 15.8. The number of fused-ring (bicyclic) bond motifs is 1. The predicted molar refractivity (Wildman–Crippen MR) is 219 cm³/mol. The largest absolute Gasteiger partial charge is 0.487 e. The Morgan fingerprint density at radius 1 is 0.898 bits per heavy atom. The maximum absolute atomic E-state index is 15.8. The fourth-order valence-corrected chi connectivity index (χ4v) is 10.2. The van der Waals surface area contributed by atoms with E-state index >= 15 is 4.39 Å². The molecule has 5 fully saturated rings. The number of benzene rings is 2. The minimum absolute atomic E-state index is 0.0453. The lowest BCUT2D eigenvalue weighted by Gasteiger charge is -2.43. The van der Waals surface area contributed by atoms with E-state index in [1.807, 2.05) is 12.1 Å². The van der Waals surface area contributed by atoms with Crippen LogP contribution in [0.2, 0.25) is 5.02 Å². The van der Waals surface area contributed by atoms with Crippen LogP contribution in [0.25, 0.3) is 0 Å². The Labute approximate surface area is 350 Å². The molecular weight excluding hydrogens is 797 g/mol. The number of hydrogen-bond acceptors (Lipinski definition) is 11. The zero-order valence-corrected chi connectivity index (χ0v) is 33.8. The SMILES string of the molecule is N#Cc1ncc(N2C(=O)C3(CCC3)N(c3ccc(OC4CCN(CC5CCN(c6ccc7c(c6)C(=O)N(C6CCC(=O)CC6=O)C7=O)CC5)CC4)c(F)c3)C2=S)cc1Cl. The van der Waals surface area contributed by atoms with Gasteiger partial charge in [0.2, 0.25) is 0 Å². The van der Waals surface area contributed by atoms with Crippen molar-refractivity contribution in [2.45, 2.75) is 81.9 Å². The maximum Gasteiger partial charge on any atom is 0.262 e. The quantitative estimate of drug-likeness (QED) is 0.152. The first-order chi connectivity index (χ1) is 28.4. The Balaban J connectivity index is 0.770. The van der Waals surface area contributed by atoms with Crippen LogP contribution in [-0.2, 0) is 14.4 Å². The van der Waals surface area contributed by atoms with Crippen LogP contribution in [-0.4, -0.2) is 99.6 Å². The van der Waals surface area contributed by atoms with Crippen molar-refractivity contribution in [3.8, 4) is 11.8 Å². The second-order valence-electron chi connectivity index (χ2n) is 16.4. The zero-order valence-electron chi connectivity index (χ0n) is 32.2. The van der Waals surface area contributed by atoms with E-state index in [1.54, 1.807) is 29.2 Å². The highest BCUT2D eigenvalue weighted by Crippen LogP contribution is 2.48. The molecule has 4 aliphatic heterocycles. The lowest BCUT2D eigenvalue weighted by Crippen LogP contribution is -2.55. The average molecular weight is 838 g/mol. The van der Waals surface area contributed by atoms with E-state index in [0.717, 1.165) is 75.4 Å². The van der Waals surface area contributed by atoms with Crippen LogP contribution in [0.5, 0.6) is 5.75 Å². The normalized spacial score (nSPS) is 22.7. The minimum Gasteiger partial charge on any atom is -0.487 e. The van der Waals surface area contributed by atoms with Gasteiger partial charge in [-0.1, -0.05) is 11.6 Å². The lowest BCUT2D eigenvalue weighted by atomic mass is 9.75. The second kappa shape index (κ2) is 15.4. The Bertz CT molecular complexity index is 2350. The van der Waals surface area contributed by atoms with Crippen molar-refractivity contribution in [3.05, 3.63) is 76.3 Å². The number of hydrogen-bond donors (Lipinski definition) is 0. The molecule has 2 saturated carbocycles. The van der Waals surface area contributed by atoms with Crippen molar-refractivity contribution in [2.24, 2.45) is 5.92 Å². The van der Waals surface area contributed by atoms with E-state index in [-0.39, 0.29) is 64.4 Å². The molecule has 3 saturated heterocycles. The highest BCUT2D eigenvalue weighted by atomic mass is 35.5. The number of ether oxygens (including phenoxy) is 1. The van der Waals surface area contributed by atoms with Crippen molar-refractivity contribution in [1.82, 2.24) is 14.8 Å². The van der Waals surface area contributed by atoms with E-state index in [0.29, 0.717) is 41.3 Å². The molecule has 1 atom stereocenters. The molecule has 13 nitrogen and oxygen atoms in total. The molecule has 0 N–H and O–H groups in total. The summed E-state index contributed by atoms with van der Waals surface area (Å²) in [7, 11) is 0. The Morgan fingerprint density at radius 2 is 1.63 bits per heavy atom. The standard InChI is InChI=1S/C43H41ClFN7O6S/c44-33-19-28(23-47-35(33)22-46)50-41(57)43(12-1-13-43)52(42(50)59)27-3-7-38(34(45)20-27)58-30-10-14-48(15-11-30)24-25-8-16-49(17-9-25)26-2-5-31-32(18-26)40(56)51(39(31)55)36-6-4-29(53)21-37(36)54/h2-3,5,7,18-20,23,25,30,36H,1,4,6,8-17,21,24H2. The first-order valence-corrected chi connectivity index (χ1v) is 21.0. The highest BCUT2D eigenvalue weighted by molar-refractivity contribution is 7.81. The monoisotopic (exact) mass is 837 g/mol. The number of likely N-dealkylation sites (tertiary alicyclic amines) is 1. The van der Waals surface area contributed by atoms with Crippen LogP contribution in [0.3, 0.4) is 0 Å². The molecule has 3 amide bonds. The van der Waals surface area contributed by atoms with Gasteiger partial charge in [-0.3, -0.25) is 33.8 Å². The number of carbonyl (C=O) groups is 5. The number of nitriles is 1.